The van der Waals surface area contributed by atoms with Gasteiger partial charge in [0.15, 0.2) is 0 Å². The number of pyridine rings is 1. The van der Waals surface area contributed by atoms with E-state index in [1.165, 1.54) is 0 Å². The molecule has 1 aliphatic rings. The second kappa shape index (κ2) is 7.92. The highest BCUT2D eigenvalue weighted by atomic mass is 16.2. The molecule has 1 saturated carbocycles. The van der Waals surface area contributed by atoms with E-state index in [1.807, 2.05) is 43.3 Å². The number of carbonyl (C=O) groups excluding carboxylic acids is 2. The molecule has 1 aliphatic carbocycles. The van der Waals surface area contributed by atoms with Gasteiger partial charge in [0.25, 0.3) is 0 Å². The van der Waals surface area contributed by atoms with Crippen molar-refractivity contribution in [3.05, 3.63) is 59.8 Å². The molecule has 2 aromatic rings. The van der Waals surface area contributed by atoms with Crippen LogP contribution >= 0.6 is 0 Å². The highest BCUT2D eigenvalue weighted by molar-refractivity contribution is 5.84. The van der Waals surface area contributed by atoms with Crippen LogP contribution in [0.2, 0.25) is 0 Å². The summed E-state index contributed by atoms with van der Waals surface area (Å²) < 4.78 is 0. The van der Waals surface area contributed by atoms with Crippen LogP contribution in [0.1, 0.15) is 43.2 Å². The average Bonchev–Trinajstić information content (AvgIpc) is 3.05. The van der Waals surface area contributed by atoms with E-state index in [1.54, 1.807) is 12.3 Å². The van der Waals surface area contributed by atoms with Crippen molar-refractivity contribution in [3.63, 3.8) is 0 Å². The first-order valence-corrected chi connectivity index (χ1v) is 8.72. The zero-order chi connectivity index (χ0) is 17.6. The van der Waals surface area contributed by atoms with Crippen LogP contribution in [0.25, 0.3) is 0 Å². The summed E-state index contributed by atoms with van der Waals surface area (Å²) in [6, 6.07) is 13.4. The van der Waals surface area contributed by atoms with Gasteiger partial charge in [0.2, 0.25) is 5.91 Å². The van der Waals surface area contributed by atoms with Crippen LogP contribution in [0.3, 0.4) is 0 Å². The largest absolute Gasteiger partial charge is 0.299 e. The fourth-order valence-corrected chi connectivity index (χ4v) is 3.15. The fraction of sp³-hybridized carbons (Fsp3) is 0.350. The molecule has 1 fully saturated rings. The van der Waals surface area contributed by atoms with E-state index in [0.29, 0.717) is 11.6 Å². The lowest BCUT2D eigenvalue weighted by Gasteiger charge is -2.14. The molecule has 0 bridgehead atoms. The third-order valence-electron chi connectivity index (χ3n) is 4.76. The number of hydrogen-bond donors (Lipinski definition) is 2. The SMILES string of the molecule is CC(C(=O)NNc1ccccn1)c1ccc(CC2CCCC2=O)cc1. The lowest BCUT2D eigenvalue weighted by Crippen LogP contribution is -2.33. The summed E-state index contributed by atoms with van der Waals surface area (Å²) in [4.78, 5) is 28.1. The second-order valence-electron chi connectivity index (χ2n) is 6.55. The number of hydrogen-bond acceptors (Lipinski definition) is 4. The van der Waals surface area contributed by atoms with Crippen LogP contribution in [0, 0.1) is 5.92 Å². The van der Waals surface area contributed by atoms with Crippen LogP contribution in [0.15, 0.2) is 48.7 Å². The highest BCUT2D eigenvalue weighted by Gasteiger charge is 2.24. The van der Waals surface area contributed by atoms with Gasteiger partial charge in [-0.2, -0.15) is 0 Å². The van der Waals surface area contributed by atoms with Gasteiger partial charge in [-0.15, -0.1) is 0 Å². The van der Waals surface area contributed by atoms with E-state index < -0.39 is 0 Å². The fourth-order valence-electron chi connectivity index (χ4n) is 3.15. The molecule has 5 nitrogen and oxygen atoms in total. The second-order valence-corrected chi connectivity index (χ2v) is 6.55. The Kier molecular flexibility index (Phi) is 5.43. The quantitative estimate of drug-likeness (QED) is 0.794. The summed E-state index contributed by atoms with van der Waals surface area (Å²) in [6.45, 7) is 1.87. The van der Waals surface area contributed by atoms with Gasteiger partial charge >= 0.3 is 0 Å². The van der Waals surface area contributed by atoms with Crippen LogP contribution in [0.5, 0.6) is 0 Å². The van der Waals surface area contributed by atoms with Gasteiger partial charge < -0.3 is 0 Å². The van der Waals surface area contributed by atoms with Gasteiger partial charge in [-0.25, -0.2) is 4.98 Å². The van der Waals surface area contributed by atoms with Crippen molar-refractivity contribution >= 4 is 17.5 Å². The number of anilines is 1. The molecular weight excluding hydrogens is 314 g/mol. The molecule has 3 rings (SSSR count). The molecule has 130 valence electrons. The predicted octanol–water partition coefficient (Wildman–Crippen LogP) is 3.24. The smallest absolute Gasteiger partial charge is 0.245 e. The van der Waals surface area contributed by atoms with Crippen LogP contribution in [-0.2, 0) is 16.0 Å². The third kappa shape index (κ3) is 4.44. The molecular formula is C20H23N3O2. The lowest BCUT2D eigenvalue weighted by molar-refractivity contribution is -0.122. The molecule has 5 heteroatoms. The van der Waals surface area contributed by atoms with Gasteiger partial charge in [0.1, 0.15) is 11.6 Å². The number of nitrogens with one attached hydrogen (secondary N) is 2. The maximum Gasteiger partial charge on any atom is 0.245 e. The first-order chi connectivity index (χ1) is 12.1. The van der Waals surface area contributed by atoms with Gasteiger partial charge in [-0.1, -0.05) is 30.3 Å². The lowest BCUT2D eigenvalue weighted by atomic mass is 9.94. The Morgan fingerprint density at radius 2 is 2.04 bits per heavy atom. The zero-order valence-electron chi connectivity index (χ0n) is 14.4. The van der Waals surface area contributed by atoms with E-state index in [4.69, 9.17) is 0 Å². The molecule has 1 heterocycles. The summed E-state index contributed by atoms with van der Waals surface area (Å²) in [6.07, 6.45) is 5.20. The van der Waals surface area contributed by atoms with Crippen molar-refractivity contribution in [1.29, 1.82) is 0 Å². The number of benzene rings is 1. The van der Waals surface area contributed by atoms with E-state index in [0.717, 1.165) is 36.8 Å². The van der Waals surface area contributed by atoms with Gasteiger partial charge in [-0.05, 0) is 49.4 Å². The molecule has 0 saturated heterocycles. The third-order valence-corrected chi connectivity index (χ3v) is 4.76. The van der Waals surface area contributed by atoms with E-state index in [9.17, 15) is 9.59 Å². The summed E-state index contributed by atoms with van der Waals surface area (Å²) in [5.74, 6) is 0.758. The molecule has 2 unspecified atom stereocenters. The van der Waals surface area contributed by atoms with Crippen LogP contribution < -0.4 is 10.9 Å². The Labute approximate surface area is 147 Å². The Hall–Kier alpha value is -2.69. The summed E-state index contributed by atoms with van der Waals surface area (Å²) >= 11 is 0. The average molecular weight is 337 g/mol. The first-order valence-electron chi connectivity index (χ1n) is 8.72. The highest BCUT2D eigenvalue weighted by Crippen LogP contribution is 2.25. The Bertz CT molecular complexity index is 728. The number of nitrogens with zero attached hydrogens (tertiary/aromatic N) is 1. The summed E-state index contributed by atoms with van der Waals surface area (Å²) in [5.41, 5.74) is 7.59. The van der Waals surface area contributed by atoms with E-state index >= 15 is 0 Å². The van der Waals surface area contributed by atoms with Crippen molar-refractivity contribution in [2.75, 3.05) is 5.43 Å². The van der Waals surface area contributed by atoms with Crippen molar-refractivity contribution < 1.29 is 9.59 Å². The number of hydrazine groups is 1. The molecule has 0 aliphatic heterocycles. The number of amides is 1. The molecule has 1 aromatic carbocycles. The maximum absolute atomic E-state index is 12.3. The minimum absolute atomic E-state index is 0.121. The van der Waals surface area contributed by atoms with Gasteiger partial charge in [0.05, 0.1) is 5.92 Å². The normalized spacial score (nSPS) is 18.0. The van der Waals surface area contributed by atoms with Crippen LogP contribution in [-0.4, -0.2) is 16.7 Å². The first kappa shape index (κ1) is 17.1. The minimum Gasteiger partial charge on any atom is -0.299 e. The number of carbonyl (C=O) groups is 2. The van der Waals surface area contributed by atoms with Gasteiger partial charge in [-0.3, -0.25) is 20.4 Å². The van der Waals surface area contributed by atoms with Crippen LogP contribution in [0.4, 0.5) is 5.82 Å². The van der Waals surface area contributed by atoms with Crippen molar-refractivity contribution in [3.8, 4) is 0 Å². The number of Topliss-reactive ketones (excluding diaryl/α,β-unsaturated/α-hetero) is 1. The number of rotatable bonds is 6. The summed E-state index contributed by atoms with van der Waals surface area (Å²) in [5, 5.41) is 0. The topological polar surface area (TPSA) is 71.1 Å². The molecule has 1 aromatic heterocycles. The zero-order valence-corrected chi connectivity index (χ0v) is 14.4. The molecule has 0 spiro atoms. The Morgan fingerprint density at radius 1 is 1.24 bits per heavy atom. The predicted molar refractivity (Wildman–Crippen MR) is 96.9 cm³/mol. The minimum atomic E-state index is -0.279. The molecule has 2 N–H and O–H groups in total. The molecule has 0 radical (unpaired) electrons. The Balaban J connectivity index is 1.55. The van der Waals surface area contributed by atoms with Crippen molar-refractivity contribution in [2.45, 2.75) is 38.5 Å². The van der Waals surface area contributed by atoms with Crippen molar-refractivity contribution in [1.82, 2.24) is 10.4 Å². The van der Waals surface area contributed by atoms with E-state index in [-0.39, 0.29) is 17.7 Å². The van der Waals surface area contributed by atoms with E-state index in [2.05, 4.69) is 15.8 Å². The molecule has 1 amide bonds. The summed E-state index contributed by atoms with van der Waals surface area (Å²) in [7, 11) is 0. The standard InChI is InChI=1S/C20H23N3O2/c1-14(20(25)23-22-19-7-2-3-12-21-19)16-10-8-15(9-11-16)13-17-5-4-6-18(17)24/h2-3,7-12,14,17H,4-6,13H2,1H3,(H,21,22)(H,23,25). The monoisotopic (exact) mass is 337 g/mol. The number of aromatic nitrogens is 1. The number of ketones is 1. The van der Waals surface area contributed by atoms with Crippen molar-refractivity contribution in [2.24, 2.45) is 5.92 Å². The maximum atomic E-state index is 12.3. The molecule has 2 atom stereocenters. The Morgan fingerprint density at radius 3 is 2.68 bits per heavy atom. The molecule has 25 heavy (non-hydrogen) atoms. The van der Waals surface area contributed by atoms with Gasteiger partial charge in [0, 0.05) is 18.5 Å².